The van der Waals surface area contributed by atoms with Gasteiger partial charge in [0.25, 0.3) is 0 Å². The summed E-state index contributed by atoms with van der Waals surface area (Å²) in [5, 5.41) is 10.4. The van der Waals surface area contributed by atoms with E-state index in [9.17, 15) is 5.26 Å². The van der Waals surface area contributed by atoms with Gasteiger partial charge in [0.1, 0.15) is 11.9 Å². The predicted molar refractivity (Wildman–Crippen MR) is 141 cm³/mol. The van der Waals surface area contributed by atoms with Crippen molar-refractivity contribution in [3.8, 4) is 29.2 Å². The number of piperidine rings is 1. The first-order valence-electron chi connectivity index (χ1n) is 12.4. The molecule has 1 fully saturated rings. The number of fused-ring (bicyclic) bond motifs is 2. The van der Waals surface area contributed by atoms with E-state index in [0.717, 1.165) is 72.6 Å². The summed E-state index contributed by atoms with van der Waals surface area (Å²) in [5.41, 5.74) is 5.71. The number of nitrogens with zero attached hydrogens (tertiary/aromatic N) is 5. The molecule has 2 aromatic carbocycles. The van der Waals surface area contributed by atoms with E-state index in [1.807, 2.05) is 49.1 Å². The molecule has 6 nitrogen and oxygen atoms in total. The van der Waals surface area contributed by atoms with Gasteiger partial charge in [-0.1, -0.05) is 36.1 Å². The van der Waals surface area contributed by atoms with Crippen molar-refractivity contribution in [3.63, 3.8) is 0 Å². The van der Waals surface area contributed by atoms with Crippen molar-refractivity contribution in [1.29, 1.82) is 5.26 Å². The molecule has 4 heterocycles. The van der Waals surface area contributed by atoms with E-state index < -0.39 is 0 Å². The van der Waals surface area contributed by atoms with Gasteiger partial charge in [0.15, 0.2) is 0 Å². The molecule has 1 aliphatic heterocycles. The maximum Gasteiger partial charge on any atom is 0.117 e. The first-order valence-corrected chi connectivity index (χ1v) is 12.4. The fourth-order valence-electron chi connectivity index (χ4n) is 5.13. The molecule has 3 aromatic heterocycles. The Bertz CT molecular complexity index is 1630. The predicted octanol–water partition coefficient (Wildman–Crippen LogP) is 5.37. The zero-order chi connectivity index (χ0) is 24.3. The van der Waals surface area contributed by atoms with Crippen LogP contribution in [0.3, 0.4) is 0 Å². The standard InChI is InChI=1S/C30H26N6/c31-20-26-7-2-1-5-22(26)6-3-4-15-35-16-11-24(12-17-35)30-34-29(28-21-32-14-18-36(28)30)25-9-8-23-10-13-33-27(23)19-25/h1-2,5,7-10,13-14,18-19,21,24,33H,4,11-12,15-17H2. The van der Waals surface area contributed by atoms with Crippen LogP contribution in [-0.2, 0) is 0 Å². The van der Waals surface area contributed by atoms with Crippen LogP contribution in [0.4, 0.5) is 0 Å². The van der Waals surface area contributed by atoms with Crippen molar-refractivity contribution in [3.05, 3.63) is 90.3 Å². The number of nitrogens with one attached hydrogen (secondary N) is 1. The van der Waals surface area contributed by atoms with Gasteiger partial charge < -0.3 is 9.88 Å². The van der Waals surface area contributed by atoms with Crippen molar-refractivity contribution in [2.75, 3.05) is 19.6 Å². The van der Waals surface area contributed by atoms with Crippen LogP contribution < -0.4 is 0 Å². The second-order valence-corrected chi connectivity index (χ2v) is 9.25. The molecule has 1 N–H and O–H groups in total. The molecular weight excluding hydrogens is 444 g/mol. The van der Waals surface area contributed by atoms with Crippen molar-refractivity contribution in [1.82, 2.24) is 24.3 Å². The van der Waals surface area contributed by atoms with Crippen molar-refractivity contribution in [2.45, 2.75) is 25.2 Å². The molecular formula is C30H26N6. The summed E-state index contributed by atoms with van der Waals surface area (Å²) >= 11 is 0. The third-order valence-electron chi connectivity index (χ3n) is 7.08. The molecule has 0 spiro atoms. The van der Waals surface area contributed by atoms with Gasteiger partial charge in [0.2, 0.25) is 0 Å². The Morgan fingerprint density at radius 2 is 1.92 bits per heavy atom. The maximum absolute atomic E-state index is 9.23. The Kier molecular flexibility index (Phi) is 5.95. The number of nitriles is 1. The van der Waals surface area contributed by atoms with Crippen LogP contribution >= 0.6 is 0 Å². The molecule has 1 saturated heterocycles. The molecule has 0 atom stereocenters. The normalized spacial score (nSPS) is 14.5. The lowest BCUT2D eigenvalue weighted by Crippen LogP contribution is -2.34. The highest BCUT2D eigenvalue weighted by Crippen LogP contribution is 2.33. The van der Waals surface area contributed by atoms with Gasteiger partial charge in [-0.05, 0) is 55.6 Å². The van der Waals surface area contributed by atoms with Gasteiger partial charge in [-0.25, -0.2) is 4.98 Å². The largest absolute Gasteiger partial charge is 0.361 e. The highest BCUT2D eigenvalue weighted by Gasteiger charge is 2.25. The number of hydrogen-bond donors (Lipinski definition) is 1. The van der Waals surface area contributed by atoms with Gasteiger partial charge in [0, 0.05) is 54.1 Å². The smallest absolute Gasteiger partial charge is 0.117 e. The lowest BCUT2D eigenvalue weighted by Gasteiger charge is -2.30. The third-order valence-corrected chi connectivity index (χ3v) is 7.08. The summed E-state index contributed by atoms with van der Waals surface area (Å²) in [7, 11) is 0. The minimum atomic E-state index is 0.410. The van der Waals surface area contributed by atoms with Gasteiger partial charge >= 0.3 is 0 Å². The molecule has 5 aromatic rings. The molecule has 36 heavy (non-hydrogen) atoms. The van der Waals surface area contributed by atoms with E-state index >= 15 is 0 Å². The second-order valence-electron chi connectivity index (χ2n) is 9.25. The average Bonchev–Trinajstić information content (AvgIpc) is 3.56. The summed E-state index contributed by atoms with van der Waals surface area (Å²) in [6, 6.07) is 18.3. The molecule has 0 bridgehead atoms. The van der Waals surface area contributed by atoms with Crippen molar-refractivity contribution in [2.24, 2.45) is 0 Å². The molecule has 0 unspecified atom stereocenters. The van der Waals surface area contributed by atoms with Crippen LogP contribution in [0, 0.1) is 23.2 Å². The summed E-state index contributed by atoms with van der Waals surface area (Å²) in [5.74, 6) is 7.96. The highest BCUT2D eigenvalue weighted by molar-refractivity contribution is 5.87. The Hall–Kier alpha value is -4.39. The van der Waals surface area contributed by atoms with E-state index in [1.165, 1.54) is 5.39 Å². The van der Waals surface area contributed by atoms with E-state index in [4.69, 9.17) is 4.98 Å². The maximum atomic E-state index is 9.23. The summed E-state index contributed by atoms with van der Waals surface area (Å²) in [4.78, 5) is 15.3. The Balaban J connectivity index is 1.15. The molecule has 1 aliphatic rings. The summed E-state index contributed by atoms with van der Waals surface area (Å²) < 4.78 is 2.22. The van der Waals surface area contributed by atoms with Crippen LogP contribution in [-0.4, -0.2) is 43.9 Å². The molecule has 0 saturated carbocycles. The SMILES string of the molecule is N#Cc1ccccc1C#CCCN1CCC(c2nc(-c3ccc4cc[nH]c4c3)c3cnccn23)CC1. The number of benzene rings is 2. The van der Waals surface area contributed by atoms with Gasteiger partial charge in [-0.15, -0.1) is 0 Å². The Morgan fingerprint density at radius 1 is 1.06 bits per heavy atom. The lowest BCUT2D eigenvalue weighted by atomic mass is 9.96. The summed E-state index contributed by atoms with van der Waals surface area (Å²) in [6.07, 6.45) is 10.7. The van der Waals surface area contributed by atoms with Crippen molar-refractivity contribution < 1.29 is 0 Å². The van der Waals surface area contributed by atoms with Gasteiger partial charge in [0.05, 0.1) is 23.0 Å². The van der Waals surface area contributed by atoms with Crippen LogP contribution in [0.15, 0.2) is 73.3 Å². The Labute approximate surface area is 210 Å². The summed E-state index contributed by atoms with van der Waals surface area (Å²) in [6.45, 7) is 3.01. The number of hydrogen-bond acceptors (Lipinski definition) is 4. The third kappa shape index (κ3) is 4.24. The molecule has 6 rings (SSSR count). The van der Waals surface area contributed by atoms with Crippen molar-refractivity contribution >= 4 is 16.4 Å². The minimum absolute atomic E-state index is 0.410. The van der Waals surface area contributed by atoms with Crippen LogP contribution in [0.5, 0.6) is 0 Å². The van der Waals surface area contributed by atoms with Crippen LogP contribution in [0.25, 0.3) is 27.7 Å². The zero-order valence-corrected chi connectivity index (χ0v) is 20.0. The number of aromatic amines is 1. The lowest BCUT2D eigenvalue weighted by molar-refractivity contribution is 0.213. The van der Waals surface area contributed by atoms with Gasteiger partial charge in [-0.3, -0.25) is 9.38 Å². The quantitative estimate of drug-likeness (QED) is 0.359. The van der Waals surface area contributed by atoms with Crippen LogP contribution in [0.2, 0.25) is 0 Å². The monoisotopic (exact) mass is 470 g/mol. The van der Waals surface area contributed by atoms with E-state index in [2.05, 4.69) is 61.4 Å². The average molecular weight is 471 g/mol. The second kappa shape index (κ2) is 9.70. The Morgan fingerprint density at radius 3 is 2.78 bits per heavy atom. The fraction of sp³-hybridized carbons (Fsp3) is 0.233. The molecule has 0 radical (unpaired) electrons. The number of imidazole rings is 1. The first-order chi connectivity index (χ1) is 17.8. The first kappa shape index (κ1) is 22.1. The minimum Gasteiger partial charge on any atom is -0.361 e. The van der Waals surface area contributed by atoms with E-state index in [1.54, 1.807) is 0 Å². The molecule has 176 valence electrons. The zero-order valence-electron chi connectivity index (χ0n) is 20.0. The molecule has 0 aliphatic carbocycles. The van der Waals surface area contributed by atoms with Gasteiger partial charge in [-0.2, -0.15) is 5.26 Å². The fourth-order valence-corrected chi connectivity index (χ4v) is 5.13. The topological polar surface area (TPSA) is 73.0 Å². The molecule has 6 heteroatoms. The number of rotatable bonds is 4. The highest BCUT2D eigenvalue weighted by atomic mass is 15.1. The van der Waals surface area contributed by atoms with E-state index in [-0.39, 0.29) is 0 Å². The van der Waals surface area contributed by atoms with Crippen LogP contribution in [0.1, 0.15) is 42.1 Å². The number of likely N-dealkylation sites (tertiary alicyclic amines) is 1. The van der Waals surface area contributed by atoms with E-state index in [0.29, 0.717) is 11.5 Å². The number of aromatic nitrogens is 4. The molecule has 0 amide bonds. The number of H-pyrrole nitrogens is 1.